The summed E-state index contributed by atoms with van der Waals surface area (Å²) in [6, 6.07) is 13.0. The average molecular weight is 332 g/mol. The maximum Gasteiger partial charge on any atom is 0.229 e. The Bertz CT molecular complexity index is 937. The van der Waals surface area contributed by atoms with Gasteiger partial charge in [-0.05, 0) is 24.3 Å². The third-order valence-corrected chi connectivity index (χ3v) is 4.34. The molecule has 6 heteroatoms. The Balaban J connectivity index is 1.53. The van der Waals surface area contributed by atoms with Crippen LogP contribution in [0.5, 0.6) is 0 Å². The summed E-state index contributed by atoms with van der Waals surface area (Å²) in [7, 11) is 0. The second kappa shape index (κ2) is 6.32. The molecule has 1 aliphatic rings. The number of fused-ring (bicyclic) bond motifs is 1. The molecule has 0 aliphatic carbocycles. The number of hydrogen-bond donors (Lipinski definition) is 1. The van der Waals surface area contributed by atoms with Crippen LogP contribution in [-0.4, -0.2) is 28.3 Å². The number of rotatable bonds is 3. The number of carbonyl (C=O) groups is 2. The fourth-order valence-electron chi connectivity index (χ4n) is 3.09. The number of carbonyl (C=O) groups excluding carboxylic acids is 2. The van der Waals surface area contributed by atoms with Crippen molar-refractivity contribution in [1.29, 1.82) is 0 Å². The number of pyridine rings is 2. The van der Waals surface area contributed by atoms with Gasteiger partial charge in [-0.1, -0.05) is 18.2 Å². The van der Waals surface area contributed by atoms with Crippen LogP contribution in [0.4, 0.5) is 11.4 Å². The van der Waals surface area contributed by atoms with E-state index in [1.807, 2.05) is 36.4 Å². The van der Waals surface area contributed by atoms with Gasteiger partial charge in [-0.3, -0.25) is 19.6 Å². The van der Waals surface area contributed by atoms with Crippen molar-refractivity contribution in [2.24, 2.45) is 5.92 Å². The summed E-state index contributed by atoms with van der Waals surface area (Å²) in [6.07, 6.45) is 5.18. The molecule has 124 valence electrons. The summed E-state index contributed by atoms with van der Waals surface area (Å²) in [5.41, 5.74) is 2.12. The van der Waals surface area contributed by atoms with Crippen LogP contribution in [0.25, 0.3) is 10.9 Å². The van der Waals surface area contributed by atoms with Crippen molar-refractivity contribution < 1.29 is 9.59 Å². The third kappa shape index (κ3) is 2.94. The average Bonchev–Trinajstić information content (AvgIpc) is 3.05. The Morgan fingerprint density at radius 2 is 1.96 bits per heavy atom. The number of nitrogens with one attached hydrogen (secondary N) is 1. The van der Waals surface area contributed by atoms with Crippen molar-refractivity contribution in [1.82, 2.24) is 9.97 Å². The van der Waals surface area contributed by atoms with Crippen LogP contribution in [0, 0.1) is 5.92 Å². The first-order chi connectivity index (χ1) is 12.2. The number of nitrogens with zero attached hydrogens (tertiary/aromatic N) is 3. The van der Waals surface area contributed by atoms with Gasteiger partial charge in [0.25, 0.3) is 0 Å². The van der Waals surface area contributed by atoms with Crippen LogP contribution >= 0.6 is 0 Å². The minimum Gasteiger partial charge on any atom is -0.324 e. The first-order valence-corrected chi connectivity index (χ1v) is 8.07. The van der Waals surface area contributed by atoms with Crippen molar-refractivity contribution in [3.8, 4) is 0 Å². The molecule has 1 fully saturated rings. The molecule has 1 aromatic carbocycles. The molecule has 0 radical (unpaired) electrons. The number of hydrogen-bond acceptors (Lipinski definition) is 4. The first kappa shape index (κ1) is 15.3. The monoisotopic (exact) mass is 332 g/mol. The highest BCUT2D eigenvalue weighted by Crippen LogP contribution is 2.26. The van der Waals surface area contributed by atoms with E-state index in [1.165, 1.54) is 0 Å². The van der Waals surface area contributed by atoms with E-state index in [1.54, 1.807) is 29.6 Å². The zero-order valence-electron chi connectivity index (χ0n) is 13.4. The standard InChI is InChI=1S/C19H16N4O2/c24-17-10-14(12-23(17)15-6-3-8-20-11-15)19(25)22-16-7-1-4-13-5-2-9-21-18(13)16/h1-9,11,14H,10,12H2,(H,22,25). The van der Waals surface area contributed by atoms with Gasteiger partial charge in [0.1, 0.15) is 0 Å². The first-order valence-electron chi connectivity index (χ1n) is 8.07. The van der Waals surface area contributed by atoms with Crippen LogP contribution < -0.4 is 10.2 Å². The molecule has 1 atom stereocenters. The van der Waals surface area contributed by atoms with Crippen LogP contribution in [0.3, 0.4) is 0 Å². The minimum atomic E-state index is -0.397. The fourth-order valence-corrected chi connectivity index (χ4v) is 3.09. The van der Waals surface area contributed by atoms with Gasteiger partial charge in [0, 0.05) is 30.7 Å². The summed E-state index contributed by atoms with van der Waals surface area (Å²) >= 11 is 0. The largest absolute Gasteiger partial charge is 0.324 e. The zero-order valence-corrected chi connectivity index (χ0v) is 13.4. The molecule has 4 rings (SSSR count). The SMILES string of the molecule is O=C(Nc1cccc2cccnc12)C1CC(=O)N(c2cccnc2)C1. The predicted molar refractivity (Wildman–Crippen MR) is 95.1 cm³/mol. The van der Waals surface area contributed by atoms with Gasteiger partial charge in [0.15, 0.2) is 0 Å². The van der Waals surface area contributed by atoms with Gasteiger partial charge in [-0.2, -0.15) is 0 Å². The number of benzene rings is 1. The minimum absolute atomic E-state index is 0.0656. The van der Waals surface area contributed by atoms with Gasteiger partial charge in [0.2, 0.25) is 11.8 Å². The van der Waals surface area contributed by atoms with Gasteiger partial charge >= 0.3 is 0 Å². The fraction of sp³-hybridized carbons (Fsp3) is 0.158. The van der Waals surface area contributed by atoms with Gasteiger partial charge < -0.3 is 10.2 Å². The van der Waals surface area contributed by atoms with Crippen molar-refractivity contribution in [3.63, 3.8) is 0 Å². The van der Waals surface area contributed by atoms with Crippen molar-refractivity contribution in [2.75, 3.05) is 16.8 Å². The summed E-state index contributed by atoms with van der Waals surface area (Å²) < 4.78 is 0. The lowest BCUT2D eigenvalue weighted by molar-refractivity contribution is -0.122. The molecule has 3 heterocycles. The normalized spacial score (nSPS) is 17.0. The second-order valence-corrected chi connectivity index (χ2v) is 5.99. The Kier molecular flexibility index (Phi) is 3.85. The van der Waals surface area contributed by atoms with E-state index in [0.29, 0.717) is 12.2 Å². The van der Waals surface area contributed by atoms with Crippen molar-refractivity contribution in [2.45, 2.75) is 6.42 Å². The quantitative estimate of drug-likeness (QED) is 0.800. The van der Waals surface area contributed by atoms with E-state index in [9.17, 15) is 9.59 Å². The van der Waals surface area contributed by atoms with Crippen molar-refractivity contribution >= 4 is 34.1 Å². The molecule has 1 unspecified atom stereocenters. The van der Waals surface area contributed by atoms with Gasteiger partial charge in [0.05, 0.1) is 29.0 Å². The lowest BCUT2D eigenvalue weighted by Crippen LogP contribution is -2.28. The molecule has 2 amide bonds. The van der Waals surface area contributed by atoms with E-state index in [0.717, 1.165) is 16.6 Å². The van der Waals surface area contributed by atoms with Crippen LogP contribution in [0.1, 0.15) is 6.42 Å². The van der Waals surface area contributed by atoms with Crippen LogP contribution in [0.2, 0.25) is 0 Å². The Labute approximate surface area is 144 Å². The molecule has 0 saturated carbocycles. The van der Waals surface area contributed by atoms with Crippen LogP contribution in [0.15, 0.2) is 61.1 Å². The molecule has 1 aliphatic heterocycles. The smallest absolute Gasteiger partial charge is 0.229 e. The predicted octanol–water partition coefficient (Wildman–Crippen LogP) is 2.62. The van der Waals surface area contributed by atoms with Gasteiger partial charge in [-0.25, -0.2) is 0 Å². The highest BCUT2D eigenvalue weighted by molar-refractivity contribution is 6.06. The second-order valence-electron chi connectivity index (χ2n) is 5.99. The Morgan fingerprint density at radius 1 is 1.12 bits per heavy atom. The molecular weight excluding hydrogens is 316 g/mol. The van der Waals surface area contributed by atoms with Crippen molar-refractivity contribution in [3.05, 3.63) is 61.1 Å². The molecule has 0 bridgehead atoms. The summed E-state index contributed by atoms with van der Waals surface area (Å²) in [4.78, 5) is 34.9. The molecule has 3 aromatic rings. The summed E-state index contributed by atoms with van der Waals surface area (Å²) in [5, 5.41) is 3.88. The topological polar surface area (TPSA) is 75.2 Å². The molecule has 6 nitrogen and oxygen atoms in total. The third-order valence-electron chi connectivity index (χ3n) is 4.34. The molecule has 2 aromatic heterocycles. The number of anilines is 2. The lowest BCUT2D eigenvalue weighted by atomic mass is 10.1. The van der Waals surface area contributed by atoms with Crippen LogP contribution in [-0.2, 0) is 9.59 Å². The highest BCUT2D eigenvalue weighted by atomic mass is 16.2. The molecule has 1 N–H and O–H groups in total. The van der Waals surface area contributed by atoms with E-state index in [-0.39, 0.29) is 18.2 Å². The van der Waals surface area contributed by atoms with E-state index < -0.39 is 5.92 Å². The number of amides is 2. The molecule has 0 spiro atoms. The van der Waals surface area contributed by atoms with Gasteiger partial charge in [-0.15, -0.1) is 0 Å². The molecule has 25 heavy (non-hydrogen) atoms. The number of para-hydroxylation sites is 1. The Hall–Kier alpha value is -3.28. The molecule has 1 saturated heterocycles. The maximum atomic E-state index is 12.6. The summed E-state index contributed by atoms with van der Waals surface area (Å²) in [5.74, 6) is -0.631. The maximum absolute atomic E-state index is 12.6. The zero-order chi connectivity index (χ0) is 17.2. The van der Waals surface area contributed by atoms with E-state index in [2.05, 4.69) is 15.3 Å². The number of aromatic nitrogens is 2. The Morgan fingerprint density at radius 3 is 2.80 bits per heavy atom. The van der Waals surface area contributed by atoms with E-state index >= 15 is 0 Å². The highest BCUT2D eigenvalue weighted by Gasteiger charge is 2.35. The van der Waals surface area contributed by atoms with E-state index in [4.69, 9.17) is 0 Å². The molecular formula is C19H16N4O2. The summed E-state index contributed by atoms with van der Waals surface area (Å²) in [6.45, 7) is 0.356. The lowest BCUT2D eigenvalue weighted by Gasteiger charge is -2.16.